The van der Waals surface area contributed by atoms with Gasteiger partial charge in [-0.2, -0.15) is 0 Å². The summed E-state index contributed by atoms with van der Waals surface area (Å²) in [4.78, 5) is 11.3. The number of guanidine groups is 1. The Morgan fingerprint density at radius 2 is 1.88 bits per heavy atom. The second-order valence-electron chi connectivity index (χ2n) is 9.13. The van der Waals surface area contributed by atoms with Crippen LogP contribution in [0.4, 0.5) is 0 Å². The number of hydrogen-bond acceptors (Lipinski definition) is 4. The van der Waals surface area contributed by atoms with Crippen LogP contribution in [0.2, 0.25) is 0 Å². The lowest BCUT2D eigenvalue weighted by Crippen LogP contribution is -2.50. The van der Waals surface area contributed by atoms with Crippen molar-refractivity contribution in [3.63, 3.8) is 0 Å². The van der Waals surface area contributed by atoms with Gasteiger partial charge in [0.2, 0.25) is 0 Å². The lowest BCUT2D eigenvalue weighted by Gasteiger charge is -2.34. The summed E-state index contributed by atoms with van der Waals surface area (Å²) in [7, 11) is 1.81. The Balaban J connectivity index is 0.00000324. The number of aromatic nitrogens is 2. The molecule has 0 spiro atoms. The van der Waals surface area contributed by atoms with Crippen LogP contribution in [0.5, 0.6) is 0 Å². The zero-order chi connectivity index (χ0) is 23.0. The molecule has 2 heterocycles. The Kier molecular flexibility index (Phi) is 10.2. The molecule has 0 aliphatic carbocycles. The third kappa shape index (κ3) is 7.41. The average Bonchev–Trinajstić information content (AvgIpc) is 3.23. The highest BCUT2D eigenvalue weighted by Gasteiger charge is 2.21. The Morgan fingerprint density at radius 1 is 1.12 bits per heavy atom. The number of morpholine rings is 1. The minimum Gasteiger partial charge on any atom is -0.374 e. The standard InChI is InChI=1S/C26H36N6O.HI/c1-20(2)16-31-12-13-33-23(18-31)15-29-26(27-3)28-14-21-8-10-22(11-9-21)17-32-19-30-24-6-4-5-7-25(24)32;/h4-11,19-20,23H,12-18H2,1-3H3,(H2,27,28,29);1H. The fourth-order valence-corrected chi connectivity index (χ4v) is 4.30. The summed E-state index contributed by atoms with van der Waals surface area (Å²) in [6.45, 7) is 10.7. The van der Waals surface area contributed by atoms with E-state index in [1.807, 2.05) is 18.5 Å². The Morgan fingerprint density at radius 3 is 2.65 bits per heavy atom. The van der Waals surface area contributed by atoms with E-state index in [0.717, 1.165) is 62.9 Å². The first kappa shape index (κ1) is 26.4. The number of imidazole rings is 1. The van der Waals surface area contributed by atoms with Crippen LogP contribution < -0.4 is 10.6 Å². The maximum absolute atomic E-state index is 5.94. The summed E-state index contributed by atoms with van der Waals surface area (Å²) in [5.41, 5.74) is 4.66. The molecular formula is C26H37IN6O. The molecule has 1 aliphatic rings. The monoisotopic (exact) mass is 576 g/mol. The molecule has 7 nitrogen and oxygen atoms in total. The van der Waals surface area contributed by atoms with Gasteiger partial charge in [-0.05, 0) is 29.2 Å². The molecule has 0 radical (unpaired) electrons. The molecule has 1 fully saturated rings. The van der Waals surface area contributed by atoms with Crippen LogP contribution in [0.3, 0.4) is 0 Å². The largest absolute Gasteiger partial charge is 0.374 e. The lowest BCUT2D eigenvalue weighted by molar-refractivity contribution is -0.0284. The molecule has 1 unspecified atom stereocenters. The van der Waals surface area contributed by atoms with Crippen molar-refractivity contribution in [3.8, 4) is 0 Å². The van der Waals surface area contributed by atoms with Crippen molar-refractivity contribution in [2.45, 2.75) is 33.0 Å². The second-order valence-corrected chi connectivity index (χ2v) is 9.13. The predicted molar refractivity (Wildman–Crippen MR) is 150 cm³/mol. The number of nitrogens with one attached hydrogen (secondary N) is 2. The van der Waals surface area contributed by atoms with E-state index in [9.17, 15) is 0 Å². The molecule has 1 saturated heterocycles. The molecular weight excluding hydrogens is 539 g/mol. The van der Waals surface area contributed by atoms with Crippen LogP contribution >= 0.6 is 24.0 Å². The van der Waals surface area contributed by atoms with Crippen molar-refractivity contribution in [1.82, 2.24) is 25.1 Å². The van der Waals surface area contributed by atoms with Crippen LogP contribution in [0, 0.1) is 5.92 Å². The molecule has 184 valence electrons. The normalized spacial score (nSPS) is 17.1. The average molecular weight is 577 g/mol. The van der Waals surface area contributed by atoms with Gasteiger partial charge in [-0.15, -0.1) is 24.0 Å². The van der Waals surface area contributed by atoms with Crippen LogP contribution in [0.1, 0.15) is 25.0 Å². The van der Waals surface area contributed by atoms with E-state index in [-0.39, 0.29) is 30.1 Å². The number of rotatable bonds is 8. The molecule has 0 amide bonds. The molecule has 1 aliphatic heterocycles. The van der Waals surface area contributed by atoms with Crippen molar-refractivity contribution in [3.05, 3.63) is 66.0 Å². The number of para-hydroxylation sites is 2. The van der Waals surface area contributed by atoms with Gasteiger partial charge >= 0.3 is 0 Å². The van der Waals surface area contributed by atoms with Crippen LogP contribution in [-0.4, -0.2) is 66.3 Å². The number of halogens is 1. The summed E-state index contributed by atoms with van der Waals surface area (Å²) in [6.07, 6.45) is 2.10. The van der Waals surface area contributed by atoms with Gasteiger partial charge in [-0.25, -0.2) is 4.98 Å². The van der Waals surface area contributed by atoms with Gasteiger partial charge in [0.05, 0.1) is 30.1 Å². The molecule has 0 bridgehead atoms. The molecule has 8 heteroatoms. The Hall–Kier alpha value is -2.17. The van der Waals surface area contributed by atoms with Gasteiger partial charge in [0.1, 0.15) is 0 Å². The number of hydrogen-bond donors (Lipinski definition) is 2. The smallest absolute Gasteiger partial charge is 0.191 e. The number of aliphatic imine (C=N–C) groups is 1. The Bertz CT molecular complexity index is 1050. The fourth-order valence-electron chi connectivity index (χ4n) is 4.30. The van der Waals surface area contributed by atoms with Gasteiger partial charge in [-0.3, -0.25) is 9.89 Å². The molecule has 1 atom stereocenters. The highest BCUT2D eigenvalue weighted by molar-refractivity contribution is 14.0. The van der Waals surface area contributed by atoms with Gasteiger partial charge in [0.15, 0.2) is 5.96 Å². The summed E-state index contributed by atoms with van der Waals surface area (Å²) < 4.78 is 8.12. The van der Waals surface area contributed by atoms with Crippen molar-refractivity contribution < 1.29 is 4.74 Å². The van der Waals surface area contributed by atoms with E-state index in [2.05, 4.69) is 80.3 Å². The van der Waals surface area contributed by atoms with Crippen LogP contribution in [0.15, 0.2) is 59.9 Å². The van der Waals surface area contributed by atoms with Gasteiger partial charge in [-0.1, -0.05) is 50.2 Å². The van der Waals surface area contributed by atoms with Crippen LogP contribution in [0.25, 0.3) is 11.0 Å². The number of benzene rings is 2. The Labute approximate surface area is 220 Å². The summed E-state index contributed by atoms with van der Waals surface area (Å²) >= 11 is 0. The van der Waals surface area contributed by atoms with E-state index in [0.29, 0.717) is 5.92 Å². The molecule has 2 aromatic carbocycles. The highest BCUT2D eigenvalue weighted by atomic mass is 127. The van der Waals surface area contributed by atoms with Crippen LogP contribution in [-0.2, 0) is 17.8 Å². The number of fused-ring (bicyclic) bond motifs is 1. The first-order valence-electron chi connectivity index (χ1n) is 11.9. The number of nitrogens with zero attached hydrogens (tertiary/aromatic N) is 4. The minimum atomic E-state index is 0. The molecule has 34 heavy (non-hydrogen) atoms. The zero-order valence-electron chi connectivity index (χ0n) is 20.4. The molecule has 3 aromatic rings. The van der Waals surface area contributed by atoms with E-state index in [1.54, 1.807) is 7.05 Å². The lowest BCUT2D eigenvalue weighted by atomic mass is 10.1. The first-order chi connectivity index (χ1) is 16.1. The number of ether oxygens (including phenoxy) is 1. The van der Waals surface area contributed by atoms with Crippen molar-refractivity contribution >= 4 is 41.0 Å². The summed E-state index contributed by atoms with van der Waals surface area (Å²) in [5.74, 6) is 1.48. The van der Waals surface area contributed by atoms with Gasteiger partial charge < -0.3 is 19.9 Å². The third-order valence-electron chi connectivity index (χ3n) is 5.93. The third-order valence-corrected chi connectivity index (χ3v) is 5.93. The molecule has 4 rings (SSSR count). The molecule has 0 saturated carbocycles. The minimum absolute atomic E-state index is 0. The molecule has 2 N–H and O–H groups in total. The summed E-state index contributed by atoms with van der Waals surface area (Å²) in [6, 6.07) is 16.9. The second kappa shape index (κ2) is 13.1. The van der Waals surface area contributed by atoms with E-state index in [1.165, 1.54) is 11.1 Å². The first-order valence-corrected chi connectivity index (χ1v) is 11.9. The zero-order valence-corrected chi connectivity index (χ0v) is 22.7. The van der Waals surface area contributed by atoms with Crippen molar-refractivity contribution in [2.75, 3.05) is 39.8 Å². The van der Waals surface area contributed by atoms with Gasteiger partial charge in [0.25, 0.3) is 0 Å². The SMILES string of the molecule is CN=C(NCc1ccc(Cn2cnc3ccccc32)cc1)NCC1CN(CC(C)C)CCO1.I. The quantitative estimate of drug-likeness (QED) is 0.243. The van der Waals surface area contributed by atoms with E-state index in [4.69, 9.17) is 4.74 Å². The van der Waals surface area contributed by atoms with E-state index >= 15 is 0 Å². The predicted octanol–water partition coefficient (Wildman–Crippen LogP) is 3.72. The van der Waals surface area contributed by atoms with Gasteiger partial charge in [0, 0.05) is 46.3 Å². The van der Waals surface area contributed by atoms with Crippen molar-refractivity contribution in [2.24, 2.45) is 10.9 Å². The maximum Gasteiger partial charge on any atom is 0.191 e. The molecule has 1 aromatic heterocycles. The summed E-state index contributed by atoms with van der Waals surface area (Å²) in [5, 5.41) is 6.83. The fraction of sp³-hybridized carbons (Fsp3) is 0.462. The highest BCUT2D eigenvalue weighted by Crippen LogP contribution is 2.14. The van der Waals surface area contributed by atoms with E-state index < -0.39 is 0 Å². The topological polar surface area (TPSA) is 66.7 Å². The maximum atomic E-state index is 5.94. The van der Waals surface area contributed by atoms with Crippen molar-refractivity contribution in [1.29, 1.82) is 0 Å².